The molecule has 0 amide bonds. The van der Waals surface area contributed by atoms with Crippen molar-refractivity contribution in [3.63, 3.8) is 0 Å². The van der Waals surface area contributed by atoms with E-state index in [1.165, 1.54) is 44.9 Å². The zero-order chi connectivity index (χ0) is 18.1. The molecule has 0 heterocycles. The van der Waals surface area contributed by atoms with Gasteiger partial charge in [0.05, 0.1) is 5.75 Å². The Bertz CT molecular complexity index is 367. The summed E-state index contributed by atoms with van der Waals surface area (Å²) < 4.78 is 28.7. The van der Waals surface area contributed by atoms with Gasteiger partial charge in [0.15, 0.2) is 0 Å². The van der Waals surface area contributed by atoms with Crippen molar-refractivity contribution in [2.75, 3.05) is 12.3 Å². The molecule has 0 aromatic heterocycles. The Balaban J connectivity index is 0. The van der Waals surface area contributed by atoms with E-state index in [0.29, 0.717) is 19.4 Å². The van der Waals surface area contributed by atoms with Gasteiger partial charge >= 0.3 is 29.6 Å². The number of rotatable bonds is 18. The third kappa shape index (κ3) is 21.0. The maximum absolute atomic E-state index is 11.8. The van der Waals surface area contributed by atoms with Crippen molar-refractivity contribution in [2.24, 2.45) is 11.5 Å². The molecule has 0 aromatic rings. The zero-order valence-corrected chi connectivity index (χ0v) is 16.5. The standard InChI is InChI=1S/C18H40N2O3S.Na.H/c1-2-3-4-5-6-7-8-9-10-14-17-24(21,22)23-18(20)15-12-11-13-16-19;;/h18H,2-17,19-20H2,1H3;;. The van der Waals surface area contributed by atoms with Crippen LogP contribution in [0.1, 0.15) is 96.8 Å². The first-order valence-electron chi connectivity index (χ1n) is 9.88. The number of nitrogens with two attached hydrogens (primary N) is 2. The van der Waals surface area contributed by atoms with Crippen LogP contribution in [0.4, 0.5) is 0 Å². The molecule has 4 N–H and O–H groups in total. The fraction of sp³-hybridized carbons (Fsp3) is 1.00. The van der Waals surface area contributed by atoms with Crippen LogP contribution in [0.15, 0.2) is 0 Å². The maximum atomic E-state index is 11.8. The monoisotopic (exact) mass is 388 g/mol. The van der Waals surface area contributed by atoms with Crippen LogP contribution in [0, 0.1) is 0 Å². The Kier molecular flexibility index (Phi) is 22.0. The van der Waals surface area contributed by atoms with Gasteiger partial charge in [0.2, 0.25) is 0 Å². The molecule has 148 valence electrons. The van der Waals surface area contributed by atoms with E-state index in [2.05, 4.69) is 6.92 Å². The van der Waals surface area contributed by atoms with Gasteiger partial charge in [-0.25, -0.2) is 0 Å². The second kappa shape index (κ2) is 19.6. The molecular weight excluding hydrogens is 347 g/mol. The van der Waals surface area contributed by atoms with Crippen LogP contribution >= 0.6 is 0 Å². The number of hydrogen-bond acceptors (Lipinski definition) is 5. The Morgan fingerprint density at radius 2 is 1.28 bits per heavy atom. The van der Waals surface area contributed by atoms with Crippen molar-refractivity contribution < 1.29 is 12.6 Å². The second-order valence-corrected chi connectivity index (χ2v) is 8.43. The van der Waals surface area contributed by atoms with Gasteiger partial charge in [-0.1, -0.05) is 71.1 Å². The van der Waals surface area contributed by atoms with Crippen LogP contribution in [-0.2, 0) is 14.3 Å². The first kappa shape index (κ1) is 28.0. The molecule has 0 fully saturated rings. The molecule has 0 aliphatic carbocycles. The number of hydrogen-bond donors (Lipinski definition) is 2. The summed E-state index contributed by atoms with van der Waals surface area (Å²) in [4.78, 5) is 0. The van der Waals surface area contributed by atoms with E-state index in [-0.39, 0.29) is 35.3 Å². The summed E-state index contributed by atoms with van der Waals surface area (Å²) in [5.74, 6) is 0.0833. The van der Waals surface area contributed by atoms with Gasteiger partial charge in [-0.3, -0.25) is 4.18 Å². The Hall–Kier alpha value is 0.830. The van der Waals surface area contributed by atoms with Crippen molar-refractivity contribution in [3.05, 3.63) is 0 Å². The van der Waals surface area contributed by atoms with Gasteiger partial charge < -0.3 is 11.5 Å². The summed E-state index contributed by atoms with van der Waals surface area (Å²) in [6.07, 6.45) is 14.4. The second-order valence-electron chi connectivity index (χ2n) is 6.72. The van der Waals surface area contributed by atoms with Crippen LogP contribution in [0.5, 0.6) is 0 Å². The first-order chi connectivity index (χ1) is 11.5. The average Bonchev–Trinajstić information content (AvgIpc) is 2.53. The molecule has 0 spiro atoms. The van der Waals surface area contributed by atoms with Gasteiger partial charge in [0, 0.05) is 0 Å². The quantitative estimate of drug-likeness (QED) is 0.162. The molecule has 25 heavy (non-hydrogen) atoms. The summed E-state index contributed by atoms with van der Waals surface area (Å²) in [6, 6.07) is 0. The summed E-state index contributed by atoms with van der Waals surface area (Å²) in [5.41, 5.74) is 11.1. The molecule has 0 radical (unpaired) electrons. The normalized spacial score (nSPS) is 12.8. The molecular formula is C18H41N2NaO3S. The van der Waals surface area contributed by atoms with E-state index < -0.39 is 16.3 Å². The summed E-state index contributed by atoms with van der Waals surface area (Å²) >= 11 is 0. The average molecular weight is 389 g/mol. The van der Waals surface area contributed by atoms with Crippen molar-refractivity contribution >= 4 is 39.7 Å². The fourth-order valence-electron chi connectivity index (χ4n) is 2.72. The van der Waals surface area contributed by atoms with E-state index in [1.807, 2.05) is 0 Å². The Morgan fingerprint density at radius 1 is 0.800 bits per heavy atom. The molecule has 0 aliphatic rings. The zero-order valence-electron chi connectivity index (χ0n) is 15.7. The third-order valence-electron chi connectivity index (χ3n) is 4.21. The van der Waals surface area contributed by atoms with Crippen molar-refractivity contribution in [2.45, 2.75) is 103 Å². The van der Waals surface area contributed by atoms with Gasteiger partial charge in [-0.05, 0) is 32.2 Å². The van der Waals surface area contributed by atoms with Crippen LogP contribution in [0.25, 0.3) is 0 Å². The van der Waals surface area contributed by atoms with Crippen LogP contribution in [0.2, 0.25) is 0 Å². The minimum absolute atomic E-state index is 0. The Morgan fingerprint density at radius 3 is 1.80 bits per heavy atom. The molecule has 7 heteroatoms. The SMILES string of the molecule is CCCCCCCCCCCCS(=O)(=O)OC(N)CCCCCN.[NaH]. The molecule has 5 nitrogen and oxygen atoms in total. The van der Waals surface area contributed by atoms with Gasteiger partial charge in [0.25, 0.3) is 10.1 Å². The Labute approximate surface area is 178 Å². The van der Waals surface area contributed by atoms with Crippen molar-refractivity contribution in [1.82, 2.24) is 0 Å². The minimum atomic E-state index is -3.48. The van der Waals surface area contributed by atoms with E-state index >= 15 is 0 Å². The van der Waals surface area contributed by atoms with Gasteiger partial charge in [0.1, 0.15) is 6.23 Å². The third-order valence-corrected chi connectivity index (χ3v) is 5.54. The van der Waals surface area contributed by atoms with Crippen LogP contribution in [0.3, 0.4) is 0 Å². The first-order valence-corrected chi connectivity index (χ1v) is 11.5. The molecule has 1 unspecified atom stereocenters. The molecule has 0 bridgehead atoms. The molecule has 0 aromatic carbocycles. The molecule has 0 rings (SSSR count). The summed E-state index contributed by atoms with van der Waals surface area (Å²) in [5, 5.41) is 0. The fourth-order valence-corrected chi connectivity index (χ4v) is 3.84. The molecule has 0 saturated carbocycles. The van der Waals surface area contributed by atoms with E-state index in [1.54, 1.807) is 0 Å². The molecule has 0 saturated heterocycles. The van der Waals surface area contributed by atoms with Crippen LogP contribution in [-0.4, -0.2) is 56.5 Å². The molecule has 0 aliphatic heterocycles. The van der Waals surface area contributed by atoms with Gasteiger partial charge in [-0.2, -0.15) is 8.42 Å². The summed E-state index contributed by atoms with van der Waals surface area (Å²) in [7, 11) is -3.48. The van der Waals surface area contributed by atoms with E-state index in [9.17, 15) is 8.42 Å². The summed E-state index contributed by atoms with van der Waals surface area (Å²) in [6.45, 7) is 2.89. The van der Waals surface area contributed by atoms with E-state index in [0.717, 1.165) is 32.1 Å². The topological polar surface area (TPSA) is 95.4 Å². The number of unbranched alkanes of at least 4 members (excludes halogenated alkanes) is 11. The predicted molar refractivity (Wildman–Crippen MR) is 109 cm³/mol. The van der Waals surface area contributed by atoms with Gasteiger partial charge in [-0.15, -0.1) is 0 Å². The van der Waals surface area contributed by atoms with Crippen molar-refractivity contribution in [1.29, 1.82) is 0 Å². The molecule has 1 atom stereocenters. The predicted octanol–water partition coefficient (Wildman–Crippen LogP) is 3.41. The van der Waals surface area contributed by atoms with E-state index in [4.69, 9.17) is 15.7 Å². The van der Waals surface area contributed by atoms with Crippen LogP contribution < -0.4 is 11.5 Å². The van der Waals surface area contributed by atoms with Crippen molar-refractivity contribution in [3.8, 4) is 0 Å².